The Balaban J connectivity index is 2.12. The molecule has 5 nitrogen and oxygen atoms in total. The monoisotopic (exact) mass is 288 g/mol. The molecule has 1 aromatic carbocycles. The normalized spacial score (nSPS) is 11.1. The Labute approximate surface area is 123 Å². The van der Waals surface area contributed by atoms with E-state index in [9.17, 15) is 9.59 Å². The molecule has 0 aliphatic rings. The van der Waals surface area contributed by atoms with E-state index in [0.717, 1.165) is 18.2 Å². The summed E-state index contributed by atoms with van der Waals surface area (Å²) < 4.78 is 5.38. The number of furan rings is 1. The van der Waals surface area contributed by atoms with Gasteiger partial charge in [-0.3, -0.25) is 14.5 Å². The van der Waals surface area contributed by atoms with Crippen molar-refractivity contribution in [2.45, 2.75) is 19.8 Å². The molecule has 0 aliphatic carbocycles. The van der Waals surface area contributed by atoms with E-state index in [-0.39, 0.29) is 18.9 Å². The number of para-hydroxylation sites is 1. The molecular weight excluding hydrogens is 268 g/mol. The van der Waals surface area contributed by atoms with E-state index in [1.54, 1.807) is 4.90 Å². The molecule has 0 spiro atoms. The third-order valence-electron chi connectivity index (χ3n) is 3.36. The molecule has 0 unspecified atom stereocenters. The maximum atomic E-state index is 12.4. The zero-order valence-electron chi connectivity index (χ0n) is 12.2. The van der Waals surface area contributed by atoms with Crippen molar-refractivity contribution < 1.29 is 14.0 Å². The molecule has 0 atom stereocenters. The van der Waals surface area contributed by atoms with Crippen molar-refractivity contribution in [3.63, 3.8) is 0 Å². The van der Waals surface area contributed by atoms with Crippen LogP contribution in [0.15, 0.2) is 34.9 Å². The molecule has 0 aliphatic heterocycles. The zero-order valence-corrected chi connectivity index (χ0v) is 12.2. The number of fused-ring (bicyclic) bond motifs is 1. The number of nitrogens with two attached hydrogens (primary N) is 1. The second-order valence-electron chi connectivity index (χ2n) is 5.10. The number of nitrogens with zero attached hydrogens (tertiary/aromatic N) is 1. The summed E-state index contributed by atoms with van der Waals surface area (Å²) >= 11 is 0. The fourth-order valence-corrected chi connectivity index (χ4v) is 2.30. The minimum absolute atomic E-state index is 0.0581. The molecule has 1 aromatic heterocycles. The summed E-state index contributed by atoms with van der Waals surface area (Å²) in [5.41, 5.74) is 6.48. The standard InChI is InChI=1S/C16H20N2O3/c1-2-3-8-18(10-16(17)20)9-14(19)13-11-21-15-7-5-4-6-12(13)15/h4-7,11H,2-3,8-10H2,1H3,(H2,17,20). The number of unbranched alkanes of at least 4 members (excludes halogenated alkanes) is 1. The molecule has 1 amide bonds. The number of hydrogen-bond donors (Lipinski definition) is 1. The minimum Gasteiger partial charge on any atom is -0.464 e. The Morgan fingerprint density at radius 2 is 2.00 bits per heavy atom. The highest BCUT2D eigenvalue weighted by Crippen LogP contribution is 2.21. The first kappa shape index (κ1) is 15.3. The third kappa shape index (κ3) is 3.92. The lowest BCUT2D eigenvalue weighted by molar-refractivity contribution is -0.119. The van der Waals surface area contributed by atoms with Gasteiger partial charge in [-0.15, -0.1) is 0 Å². The SMILES string of the molecule is CCCCN(CC(N)=O)CC(=O)c1coc2ccccc12. The molecule has 0 bridgehead atoms. The van der Waals surface area contributed by atoms with Gasteiger partial charge in [-0.1, -0.05) is 31.5 Å². The lowest BCUT2D eigenvalue weighted by Crippen LogP contribution is -2.38. The summed E-state index contributed by atoms with van der Waals surface area (Å²) in [7, 11) is 0. The van der Waals surface area contributed by atoms with Crippen molar-refractivity contribution >= 4 is 22.7 Å². The average molecular weight is 288 g/mol. The topological polar surface area (TPSA) is 76.5 Å². The second kappa shape index (κ2) is 7.04. The van der Waals surface area contributed by atoms with E-state index >= 15 is 0 Å². The smallest absolute Gasteiger partial charge is 0.231 e. The number of benzene rings is 1. The van der Waals surface area contributed by atoms with Gasteiger partial charge in [-0.25, -0.2) is 0 Å². The van der Waals surface area contributed by atoms with Crippen molar-refractivity contribution in [2.24, 2.45) is 5.73 Å². The molecular formula is C16H20N2O3. The van der Waals surface area contributed by atoms with Crippen molar-refractivity contribution in [2.75, 3.05) is 19.6 Å². The summed E-state index contributed by atoms with van der Waals surface area (Å²) in [6, 6.07) is 7.41. The maximum Gasteiger partial charge on any atom is 0.231 e. The lowest BCUT2D eigenvalue weighted by Gasteiger charge is -2.19. The van der Waals surface area contributed by atoms with E-state index in [1.807, 2.05) is 24.3 Å². The van der Waals surface area contributed by atoms with Crippen LogP contribution in [0.3, 0.4) is 0 Å². The molecule has 2 rings (SSSR count). The number of hydrogen-bond acceptors (Lipinski definition) is 4. The van der Waals surface area contributed by atoms with E-state index in [2.05, 4.69) is 6.92 Å². The molecule has 112 valence electrons. The van der Waals surface area contributed by atoms with Crippen molar-refractivity contribution in [3.8, 4) is 0 Å². The fraction of sp³-hybridized carbons (Fsp3) is 0.375. The highest BCUT2D eigenvalue weighted by Gasteiger charge is 2.17. The van der Waals surface area contributed by atoms with Gasteiger partial charge in [0.15, 0.2) is 5.78 Å². The van der Waals surface area contributed by atoms with Crippen LogP contribution in [0.1, 0.15) is 30.1 Å². The van der Waals surface area contributed by atoms with Crippen LogP contribution in [0.25, 0.3) is 11.0 Å². The molecule has 0 radical (unpaired) electrons. The van der Waals surface area contributed by atoms with Crippen LogP contribution in [0.4, 0.5) is 0 Å². The summed E-state index contributed by atoms with van der Waals surface area (Å²) in [6.45, 7) is 3.02. The summed E-state index contributed by atoms with van der Waals surface area (Å²) in [6.07, 6.45) is 3.40. The number of ketones is 1. The van der Waals surface area contributed by atoms with Gasteiger partial charge in [-0.2, -0.15) is 0 Å². The van der Waals surface area contributed by atoms with Crippen LogP contribution in [0.5, 0.6) is 0 Å². The Bertz CT molecular complexity index is 633. The fourth-order valence-electron chi connectivity index (χ4n) is 2.30. The van der Waals surface area contributed by atoms with Crippen molar-refractivity contribution in [1.82, 2.24) is 4.90 Å². The molecule has 0 saturated carbocycles. The number of carbonyl (C=O) groups is 2. The molecule has 0 fully saturated rings. The molecule has 2 aromatic rings. The van der Waals surface area contributed by atoms with Crippen LogP contribution in [-0.4, -0.2) is 36.2 Å². The van der Waals surface area contributed by atoms with Gasteiger partial charge < -0.3 is 10.2 Å². The number of amides is 1. The molecule has 1 heterocycles. The van der Waals surface area contributed by atoms with Gasteiger partial charge in [0.1, 0.15) is 11.8 Å². The highest BCUT2D eigenvalue weighted by atomic mass is 16.3. The molecule has 2 N–H and O–H groups in total. The van der Waals surface area contributed by atoms with Crippen molar-refractivity contribution in [3.05, 3.63) is 36.1 Å². The van der Waals surface area contributed by atoms with Gasteiger partial charge in [0, 0.05) is 5.39 Å². The van der Waals surface area contributed by atoms with Gasteiger partial charge in [0.2, 0.25) is 5.91 Å². The number of rotatable bonds is 8. The van der Waals surface area contributed by atoms with Gasteiger partial charge in [0.05, 0.1) is 18.7 Å². The van der Waals surface area contributed by atoms with Crippen LogP contribution in [-0.2, 0) is 4.79 Å². The molecule has 0 saturated heterocycles. The Hall–Kier alpha value is -2.14. The number of Topliss-reactive ketones (excluding diaryl/α,β-unsaturated/α-hetero) is 1. The summed E-state index contributed by atoms with van der Waals surface area (Å²) in [4.78, 5) is 25.3. The van der Waals surface area contributed by atoms with Crippen LogP contribution in [0.2, 0.25) is 0 Å². The number of carbonyl (C=O) groups excluding carboxylic acids is 2. The zero-order chi connectivity index (χ0) is 15.2. The molecule has 21 heavy (non-hydrogen) atoms. The van der Waals surface area contributed by atoms with Crippen molar-refractivity contribution in [1.29, 1.82) is 0 Å². The summed E-state index contributed by atoms with van der Waals surface area (Å²) in [5.74, 6) is -0.478. The quantitative estimate of drug-likeness (QED) is 0.755. The largest absolute Gasteiger partial charge is 0.464 e. The first-order valence-corrected chi connectivity index (χ1v) is 7.12. The van der Waals surface area contributed by atoms with Crippen LogP contribution in [0, 0.1) is 0 Å². The summed E-state index contributed by atoms with van der Waals surface area (Å²) in [5, 5.41) is 0.803. The third-order valence-corrected chi connectivity index (χ3v) is 3.36. The first-order chi connectivity index (χ1) is 10.1. The van der Waals surface area contributed by atoms with E-state index < -0.39 is 5.91 Å². The second-order valence-corrected chi connectivity index (χ2v) is 5.10. The van der Waals surface area contributed by atoms with Gasteiger partial charge >= 0.3 is 0 Å². The molecule has 5 heteroatoms. The Kier molecular flexibility index (Phi) is 5.11. The predicted octanol–water partition coefficient (Wildman–Crippen LogP) is 2.20. The average Bonchev–Trinajstić information content (AvgIpc) is 2.88. The van der Waals surface area contributed by atoms with E-state index in [4.69, 9.17) is 10.2 Å². The van der Waals surface area contributed by atoms with Gasteiger partial charge in [0.25, 0.3) is 0 Å². The lowest BCUT2D eigenvalue weighted by atomic mass is 10.1. The van der Waals surface area contributed by atoms with E-state index in [1.165, 1.54) is 6.26 Å². The van der Waals surface area contributed by atoms with Crippen LogP contribution < -0.4 is 5.73 Å². The Morgan fingerprint density at radius 3 is 2.71 bits per heavy atom. The Morgan fingerprint density at radius 1 is 1.24 bits per heavy atom. The predicted molar refractivity (Wildman–Crippen MR) is 81.1 cm³/mol. The van der Waals surface area contributed by atoms with E-state index in [0.29, 0.717) is 17.7 Å². The minimum atomic E-state index is -0.420. The first-order valence-electron chi connectivity index (χ1n) is 7.12. The van der Waals surface area contributed by atoms with Crippen LogP contribution >= 0.6 is 0 Å². The highest BCUT2D eigenvalue weighted by molar-refractivity contribution is 6.08. The number of primary amides is 1. The maximum absolute atomic E-state index is 12.4. The van der Waals surface area contributed by atoms with Gasteiger partial charge in [-0.05, 0) is 19.0 Å².